The van der Waals surface area contributed by atoms with Crippen molar-refractivity contribution in [2.45, 2.75) is 6.92 Å². The number of nitrogens with one attached hydrogen (secondary N) is 2. The van der Waals surface area contributed by atoms with Crippen molar-refractivity contribution < 1.29 is 4.79 Å². The summed E-state index contributed by atoms with van der Waals surface area (Å²) in [6, 6.07) is 15.0. The van der Waals surface area contributed by atoms with Crippen LogP contribution in [-0.2, 0) is 4.79 Å². The predicted octanol–water partition coefficient (Wildman–Crippen LogP) is 3.70. The van der Waals surface area contributed by atoms with E-state index >= 15 is 0 Å². The normalized spacial score (nSPS) is 10.0. The van der Waals surface area contributed by atoms with Crippen molar-refractivity contribution in [3.05, 3.63) is 59.1 Å². The quantitative estimate of drug-likeness (QED) is 0.893. The average Bonchev–Trinajstić information content (AvgIpc) is 2.40. The van der Waals surface area contributed by atoms with Crippen LogP contribution in [0.25, 0.3) is 0 Å². The first-order chi connectivity index (χ1) is 9.15. The molecule has 0 bridgehead atoms. The standard InChI is InChI=1S/C15H15ClN2O/c1-11-6-8-12(9-7-11)18-15(19)10-17-14-5-3-2-4-13(14)16/h2-9,17H,10H2,1H3,(H,18,19). The molecular weight excluding hydrogens is 260 g/mol. The molecule has 1 amide bonds. The number of anilines is 2. The summed E-state index contributed by atoms with van der Waals surface area (Å²) >= 11 is 5.99. The Morgan fingerprint density at radius 2 is 1.79 bits per heavy atom. The minimum absolute atomic E-state index is 0.108. The molecule has 0 saturated heterocycles. The summed E-state index contributed by atoms with van der Waals surface area (Å²) in [5, 5.41) is 6.42. The van der Waals surface area contributed by atoms with E-state index in [0.717, 1.165) is 16.9 Å². The van der Waals surface area contributed by atoms with Crippen LogP contribution >= 0.6 is 11.6 Å². The number of para-hydroxylation sites is 1. The zero-order chi connectivity index (χ0) is 13.7. The van der Waals surface area contributed by atoms with Crippen molar-refractivity contribution in [3.8, 4) is 0 Å². The average molecular weight is 275 g/mol. The number of halogens is 1. The molecule has 4 heteroatoms. The van der Waals surface area contributed by atoms with Gasteiger partial charge >= 0.3 is 0 Å². The Morgan fingerprint density at radius 1 is 1.11 bits per heavy atom. The topological polar surface area (TPSA) is 41.1 Å². The Balaban J connectivity index is 1.88. The van der Waals surface area contributed by atoms with E-state index in [0.29, 0.717) is 5.02 Å². The second kappa shape index (κ2) is 6.25. The van der Waals surface area contributed by atoms with Gasteiger partial charge in [-0.25, -0.2) is 0 Å². The molecule has 0 unspecified atom stereocenters. The van der Waals surface area contributed by atoms with Gasteiger partial charge in [-0.2, -0.15) is 0 Å². The van der Waals surface area contributed by atoms with Crippen molar-refractivity contribution in [2.75, 3.05) is 17.2 Å². The molecule has 0 aliphatic rings. The third-order valence-electron chi connectivity index (χ3n) is 2.65. The number of amides is 1. The molecule has 0 spiro atoms. The molecule has 98 valence electrons. The van der Waals surface area contributed by atoms with Gasteiger partial charge in [-0.15, -0.1) is 0 Å². The summed E-state index contributed by atoms with van der Waals surface area (Å²) in [4.78, 5) is 11.8. The molecule has 0 radical (unpaired) electrons. The summed E-state index contributed by atoms with van der Waals surface area (Å²) in [6.45, 7) is 2.18. The summed E-state index contributed by atoms with van der Waals surface area (Å²) in [7, 11) is 0. The van der Waals surface area contributed by atoms with Crippen molar-refractivity contribution in [2.24, 2.45) is 0 Å². The summed E-state index contributed by atoms with van der Waals surface area (Å²) < 4.78 is 0. The minimum Gasteiger partial charge on any atom is -0.375 e. The molecule has 0 atom stereocenters. The van der Waals surface area contributed by atoms with Crippen LogP contribution in [-0.4, -0.2) is 12.5 Å². The fraction of sp³-hybridized carbons (Fsp3) is 0.133. The summed E-state index contributed by atoms with van der Waals surface area (Å²) in [5.41, 5.74) is 2.70. The molecule has 2 aromatic rings. The fourth-order valence-corrected chi connectivity index (χ4v) is 1.82. The Kier molecular flexibility index (Phi) is 4.42. The first-order valence-corrected chi connectivity index (χ1v) is 6.38. The van der Waals surface area contributed by atoms with Crippen LogP contribution in [0.2, 0.25) is 5.02 Å². The number of carbonyl (C=O) groups is 1. The van der Waals surface area contributed by atoms with Gasteiger partial charge < -0.3 is 10.6 Å². The van der Waals surface area contributed by atoms with E-state index in [1.165, 1.54) is 0 Å². The Bertz CT molecular complexity index is 567. The van der Waals surface area contributed by atoms with Crippen molar-refractivity contribution in [1.29, 1.82) is 0 Å². The summed E-state index contributed by atoms with van der Waals surface area (Å²) in [6.07, 6.45) is 0. The van der Waals surface area contributed by atoms with Crippen LogP contribution in [0.15, 0.2) is 48.5 Å². The third kappa shape index (κ3) is 4.00. The number of carbonyl (C=O) groups excluding carboxylic acids is 1. The molecule has 3 nitrogen and oxygen atoms in total. The second-order valence-corrected chi connectivity index (χ2v) is 4.65. The number of rotatable bonds is 4. The van der Waals surface area contributed by atoms with Gasteiger partial charge in [0.15, 0.2) is 0 Å². The van der Waals surface area contributed by atoms with Crippen LogP contribution in [0.1, 0.15) is 5.56 Å². The maximum absolute atomic E-state index is 11.8. The fourth-order valence-electron chi connectivity index (χ4n) is 1.62. The van der Waals surface area contributed by atoms with Gasteiger partial charge in [0.25, 0.3) is 0 Å². The molecule has 0 aliphatic carbocycles. The van der Waals surface area contributed by atoms with Crippen LogP contribution in [0, 0.1) is 6.92 Å². The van der Waals surface area contributed by atoms with Crippen LogP contribution in [0.5, 0.6) is 0 Å². The molecule has 2 rings (SSSR count). The highest BCUT2D eigenvalue weighted by Gasteiger charge is 2.03. The SMILES string of the molecule is Cc1ccc(NC(=O)CNc2ccccc2Cl)cc1. The molecule has 19 heavy (non-hydrogen) atoms. The second-order valence-electron chi connectivity index (χ2n) is 4.25. The zero-order valence-electron chi connectivity index (χ0n) is 10.6. The van der Waals surface area contributed by atoms with Gasteiger partial charge in [-0.3, -0.25) is 4.79 Å². The number of aryl methyl sites for hydroxylation is 1. The van der Waals surface area contributed by atoms with Gasteiger partial charge in [0.05, 0.1) is 17.3 Å². The van der Waals surface area contributed by atoms with E-state index in [4.69, 9.17) is 11.6 Å². The van der Waals surface area contributed by atoms with E-state index in [-0.39, 0.29) is 12.5 Å². The lowest BCUT2D eigenvalue weighted by atomic mass is 10.2. The zero-order valence-corrected chi connectivity index (χ0v) is 11.4. The van der Waals surface area contributed by atoms with Gasteiger partial charge in [0, 0.05) is 5.69 Å². The Hall–Kier alpha value is -2.00. The lowest BCUT2D eigenvalue weighted by molar-refractivity contribution is -0.114. The molecule has 0 aliphatic heterocycles. The van der Waals surface area contributed by atoms with E-state index in [1.54, 1.807) is 6.07 Å². The Morgan fingerprint density at radius 3 is 2.47 bits per heavy atom. The highest BCUT2D eigenvalue weighted by molar-refractivity contribution is 6.33. The van der Waals surface area contributed by atoms with E-state index < -0.39 is 0 Å². The molecular formula is C15H15ClN2O. The molecule has 0 saturated carbocycles. The number of hydrogen-bond acceptors (Lipinski definition) is 2. The molecule has 2 aromatic carbocycles. The first kappa shape index (κ1) is 13.4. The van der Waals surface area contributed by atoms with Crippen LogP contribution in [0.4, 0.5) is 11.4 Å². The van der Waals surface area contributed by atoms with Crippen molar-refractivity contribution >= 4 is 28.9 Å². The predicted molar refractivity (Wildman–Crippen MR) is 79.8 cm³/mol. The number of benzene rings is 2. The molecule has 0 fully saturated rings. The number of hydrogen-bond donors (Lipinski definition) is 2. The monoisotopic (exact) mass is 274 g/mol. The summed E-state index contributed by atoms with van der Waals surface area (Å²) in [5.74, 6) is -0.108. The van der Waals surface area contributed by atoms with E-state index in [9.17, 15) is 4.79 Å². The lowest BCUT2D eigenvalue weighted by Gasteiger charge is -2.09. The highest BCUT2D eigenvalue weighted by atomic mass is 35.5. The largest absolute Gasteiger partial charge is 0.375 e. The molecule has 0 aromatic heterocycles. The first-order valence-electron chi connectivity index (χ1n) is 6.00. The van der Waals surface area contributed by atoms with Gasteiger partial charge in [0.1, 0.15) is 0 Å². The minimum atomic E-state index is -0.108. The van der Waals surface area contributed by atoms with Crippen molar-refractivity contribution in [3.63, 3.8) is 0 Å². The highest BCUT2D eigenvalue weighted by Crippen LogP contribution is 2.20. The van der Waals surface area contributed by atoms with Crippen LogP contribution in [0.3, 0.4) is 0 Å². The van der Waals surface area contributed by atoms with Gasteiger partial charge in [-0.05, 0) is 31.2 Å². The van der Waals surface area contributed by atoms with Crippen molar-refractivity contribution in [1.82, 2.24) is 0 Å². The van der Waals surface area contributed by atoms with E-state index in [1.807, 2.05) is 49.4 Å². The Labute approximate surface area is 117 Å². The smallest absolute Gasteiger partial charge is 0.243 e. The third-order valence-corrected chi connectivity index (χ3v) is 2.98. The maximum Gasteiger partial charge on any atom is 0.243 e. The molecule has 0 heterocycles. The molecule has 2 N–H and O–H groups in total. The van der Waals surface area contributed by atoms with Crippen LogP contribution < -0.4 is 10.6 Å². The van der Waals surface area contributed by atoms with Gasteiger partial charge in [0.2, 0.25) is 5.91 Å². The lowest BCUT2D eigenvalue weighted by Crippen LogP contribution is -2.21. The van der Waals surface area contributed by atoms with E-state index in [2.05, 4.69) is 10.6 Å². The van der Waals surface area contributed by atoms with Gasteiger partial charge in [-0.1, -0.05) is 41.4 Å². The maximum atomic E-state index is 11.8.